The lowest BCUT2D eigenvalue weighted by Crippen LogP contribution is -2.54. The number of hydrogen-bond donors (Lipinski definition) is 1. The fourth-order valence-corrected chi connectivity index (χ4v) is 4.60. The molecule has 1 fully saturated rings. The third-order valence-corrected chi connectivity index (χ3v) is 6.44. The van der Waals surface area contributed by atoms with Gasteiger partial charge in [-0.2, -0.15) is 0 Å². The maximum absolute atomic E-state index is 12.6. The maximum Gasteiger partial charge on any atom is 0.410 e. The Morgan fingerprint density at radius 2 is 2.00 bits per heavy atom. The third kappa shape index (κ3) is 6.21. The molecule has 1 atom stereocenters. The Kier molecular flexibility index (Phi) is 7.47. The smallest absolute Gasteiger partial charge is 0.410 e. The summed E-state index contributed by atoms with van der Waals surface area (Å²) in [6, 6.07) is 3.75. The van der Waals surface area contributed by atoms with Crippen molar-refractivity contribution >= 4 is 40.6 Å². The van der Waals surface area contributed by atoms with Crippen molar-refractivity contribution in [3.63, 3.8) is 0 Å². The predicted molar refractivity (Wildman–Crippen MR) is 129 cm³/mol. The Morgan fingerprint density at radius 1 is 1.28 bits per heavy atom. The van der Waals surface area contributed by atoms with Crippen molar-refractivity contribution in [2.75, 3.05) is 25.0 Å². The molecule has 0 aliphatic carbocycles. The van der Waals surface area contributed by atoms with E-state index in [2.05, 4.69) is 15.2 Å². The van der Waals surface area contributed by atoms with Gasteiger partial charge in [-0.3, -0.25) is 9.69 Å². The standard InChI is InChI=1S/C23H31ClN4O3S/c1-14-12-27(7-8-28(14)22(30)31-23(4,5)6)13-17-9-18(24)10-19(15(17)2)26-21(29)20-11-25-16(3)32-20/h9-11,14H,7-8,12-13H2,1-6H3,(H,26,29)/t14-/m0/s1. The first-order chi connectivity index (χ1) is 14.9. The Hall–Kier alpha value is -2.16. The van der Waals surface area contributed by atoms with Crippen LogP contribution in [0.5, 0.6) is 0 Å². The van der Waals surface area contributed by atoms with Crippen molar-refractivity contribution in [1.82, 2.24) is 14.8 Å². The molecule has 2 amide bonds. The number of aryl methyl sites for hydroxylation is 1. The minimum Gasteiger partial charge on any atom is -0.444 e. The fourth-order valence-electron chi connectivity index (χ4n) is 3.69. The van der Waals surface area contributed by atoms with Gasteiger partial charge >= 0.3 is 6.09 Å². The number of thiazole rings is 1. The topological polar surface area (TPSA) is 74.8 Å². The normalized spacial score (nSPS) is 17.3. The first-order valence-electron chi connectivity index (χ1n) is 10.7. The van der Waals surface area contributed by atoms with Gasteiger partial charge in [-0.1, -0.05) is 11.6 Å². The highest BCUT2D eigenvalue weighted by atomic mass is 35.5. The number of aromatic nitrogens is 1. The summed E-state index contributed by atoms with van der Waals surface area (Å²) in [5, 5.41) is 4.39. The molecular weight excluding hydrogens is 448 g/mol. The molecule has 0 unspecified atom stereocenters. The van der Waals surface area contributed by atoms with Crippen LogP contribution in [0.25, 0.3) is 0 Å². The summed E-state index contributed by atoms with van der Waals surface area (Å²) in [6.45, 7) is 14.3. The molecule has 0 radical (unpaired) electrons. The van der Waals surface area contributed by atoms with Gasteiger partial charge in [0.15, 0.2) is 0 Å². The highest BCUT2D eigenvalue weighted by molar-refractivity contribution is 7.13. The molecule has 1 N–H and O–H groups in total. The van der Waals surface area contributed by atoms with E-state index in [-0.39, 0.29) is 18.0 Å². The number of nitrogens with one attached hydrogen (secondary N) is 1. The first-order valence-corrected chi connectivity index (χ1v) is 11.9. The average Bonchev–Trinajstić information content (AvgIpc) is 3.10. The van der Waals surface area contributed by atoms with E-state index < -0.39 is 5.60 Å². The highest BCUT2D eigenvalue weighted by Gasteiger charge is 2.31. The monoisotopic (exact) mass is 478 g/mol. The molecular formula is C23H31ClN4O3S. The van der Waals surface area contributed by atoms with Gasteiger partial charge in [-0.05, 0) is 64.8 Å². The van der Waals surface area contributed by atoms with Crippen molar-refractivity contribution < 1.29 is 14.3 Å². The van der Waals surface area contributed by atoms with Crippen molar-refractivity contribution in [3.05, 3.63) is 44.4 Å². The number of halogens is 1. The lowest BCUT2D eigenvalue weighted by atomic mass is 10.0. The molecule has 174 valence electrons. The van der Waals surface area contributed by atoms with Crippen LogP contribution in [0.1, 0.15) is 53.5 Å². The minimum atomic E-state index is -0.509. The van der Waals surface area contributed by atoms with Gasteiger partial charge in [-0.25, -0.2) is 9.78 Å². The molecule has 0 spiro atoms. The van der Waals surface area contributed by atoms with E-state index in [1.54, 1.807) is 17.2 Å². The third-order valence-electron chi connectivity index (χ3n) is 5.31. The summed E-state index contributed by atoms with van der Waals surface area (Å²) in [5.74, 6) is -0.188. The van der Waals surface area contributed by atoms with Crippen LogP contribution in [-0.2, 0) is 11.3 Å². The second kappa shape index (κ2) is 9.77. The first kappa shape index (κ1) is 24.5. The van der Waals surface area contributed by atoms with Gasteiger partial charge in [0, 0.05) is 42.9 Å². The summed E-state index contributed by atoms with van der Waals surface area (Å²) in [5.41, 5.74) is 2.21. The predicted octanol–water partition coefficient (Wildman–Crippen LogP) is 5.11. The van der Waals surface area contributed by atoms with Crippen LogP contribution in [0.4, 0.5) is 10.5 Å². The number of ether oxygens (including phenoxy) is 1. The van der Waals surface area contributed by atoms with E-state index in [1.807, 2.05) is 47.6 Å². The van der Waals surface area contributed by atoms with Gasteiger partial charge < -0.3 is 15.0 Å². The largest absolute Gasteiger partial charge is 0.444 e. The molecule has 3 rings (SSSR count). The number of carbonyl (C=O) groups is 2. The van der Waals surface area contributed by atoms with Crippen LogP contribution in [0.2, 0.25) is 5.02 Å². The van der Waals surface area contributed by atoms with Gasteiger partial charge in [-0.15, -0.1) is 11.3 Å². The number of carbonyl (C=O) groups excluding carboxylic acids is 2. The van der Waals surface area contributed by atoms with Gasteiger partial charge in [0.1, 0.15) is 10.5 Å². The Balaban J connectivity index is 1.68. The zero-order valence-corrected chi connectivity index (χ0v) is 21.1. The number of piperazine rings is 1. The van der Waals surface area contributed by atoms with E-state index in [0.29, 0.717) is 28.7 Å². The lowest BCUT2D eigenvalue weighted by Gasteiger charge is -2.40. The molecule has 2 heterocycles. The second-order valence-corrected chi connectivity index (χ2v) is 10.9. The SMILES string of the molecule is Cc1ncc(C(=O)Nc2cc(Cl)cc(CN3CCN(C(=O)OC(C)(C)C)[C@@H](C)C3)c2C)s1. The molecule has 9 heteroatoms. The van der Waals surface area contributed by atoms with Crippen LogP contribution in [0.15, 0.2) is 18.3 Å². The van der Waals surface area contributed by atoms with Gasteiger partial charge in [0.25, 0.3) is 5.91 Å². The number of benzene rings is 1. The highest BCUT2D eigenvalue weighted by Crippen LogP contribution is 2.28. The van der Waals surface area contributed by atoms with Crippen molar-refractivity contribution in [1.29, 1.82) is 0 Å². The quantitative estimate of drug-likeness (QED) is 0.661. The van der Waals surface area contributed by atoms with Gasteiger partial charge in [0.2, 0.25) is 0 Å². The molecule has 0 saturated carbocycles. The fraction of sp³-hybridized carbons (Fsp3) is 0.522. The number of amides is 2. The molecule has 1 aliphatic rings. The zero-order chi connectivity index (χ0) is 23.6. The Labute approximate surface area is 198 Å². The summed E-state index contributed by atoms with van der Waals surface area (Å²) in [7, 11) is 0. The van der Waals surface area contributed by atoms with Crippen LogP contribution in [-0.4, -0.2) is 58.1 Å². The van der Waals surface area contributed by atoms with E-state index in [9.17, 15) is 9.59 Å². The van der Waals surface area contributed by atoms with E-state index in [4.69, 9.17) is 16.3 Å². The average molecular weight is 479 g/mol. The molecule has 7 nitrogen and oxygen atoms in total. The molecule has 1 aromatic carbocycles. The molecule has 1 aromatic heterocycles. The lowest BCUT2D eigenvalue weighted by molar-refractivity contribution is 0.000536. The Morgan fingerprint density at radius 3 is 2.59 bits per heavy atom. The molecule has 2 aromatic rings. The van der Waals surface area contributed by atoms with E-state index >= 15 is 0 Å². The summed E-state index contributed by atoms with van der Waals surface area (Å²) < 4.78 is 5.53. The van der Waals surface area contributed by atoms with Crippen LogP contribution >= 0.6 is 22.9 Å². The van der Waals surface area contributed by atoms with E-state index in [1.165, 1.54) is 11.3 Å². The zero-order valence-electron chi connectivity index (χ0n) is 19.5. The van der Waals surface area contributed by atoms with Crippen molar-refractivity contribution in [3.8, 4) is 0 Å². The minimum absolute atomic E-state index is 0.0341. The summed E-state index contributed by atoms with van der Waals surface area (Å²) >= 11 is 7.74. The molecule has 0 bridgehead atoms. The van der Waals surface area contributed by atoms with Crippen LogP contribution in [0.3, 0.4) is 0 Å². The maximum atomic E-state index is 12.6. The summed E-state index contributed by atoms with van der Waals surface area (Å²) in [6.07, 6.45) is 1.31. The van der Waals surface area contributed by atoms with Crippen molar-refractivity contribution in [2.24, 2.45) is 0 Å². The number of hydrogen-bond acceptors (Lipinski definition) is 6. The number of anilines is 1. The van der Waals surface area contributed by atoms with Crippen LogP contribution in [0, 0.1) is 13.8 Å². The number of nitrogens with zero attached hydrogens (tertiary/aromatic N) is 3. The Bertz CT molecular complexity index is 1000. The molecule has 1 saturated heterocycles. The second-order valence-electron chi connectivity index (χ2n) is 9.19. The van der Waals surface area contributed by atoms with E-state index in [0.717, 1.165) is 29.2 Å². The molecule has 32 heavy (non-hydrogen) atoms. The molecule has 1 aliphatic heterocycles. The van der Waals surface area contributed by atoms with Crippen LogP contribution < -0.4 is 5.32 Å². The number of rotatable bonds is 4. The van der Waals surface area contributed by atoms with Gasteiger partial charge in [0.05, 0.1) is 11.2 Å². The summed E-state index contributed by atoms with van der Waals surface area (Å²) in [4.78, 5) is 33.9. The van der Waals surface area contributed by atoms with Crippen molar-refractivity contribution in [2.45, 2.75) is 59.7 Å².